The second-order valence-electron chi connectivity index (χ2n) is 2.63. The van der Waals surface area contributed by atoms with Crippen molar-refractivity contribution in [1.82, 2.24) is 9.97 Å². The van der Waals surface area contributed by atoms with E-state index in [1.807, 2.05) is 6.92 Å². The molecule has 0 saturated heterocycles. The van der Waals surface area contributed by atoms with Crippen LogP contribution in [0.1, 0.15) is 6.92 Å². The quantitative estimate of drug-likeness (QED) is 0.588. The van der Waals surface area contributed by atoms with Crippen molar-refractivity contribution in [1.29, 1.82) is 0 Å². The number of aromatic nitrogens is 2. The first-order chi connectivity index (χ1) is 6.24. The normalized spacial score (nSPS) is 12.5. The van der Waals surface area contributed by atoms with Crippen molar-refractivity contribution >= 4 is 17.7 Å². The number of ether oxygens (including phenoxy) is 1. The lowest BCUT2D eigenvalue weighted by atomic mass is 10.2. The van der Waals surface area contributed by atoms with Crippen molar-refractivity contribution in [3.8, 4) is 0 Å². The van der Waals surface area contributed by atoms with Gasteiger partial charge >= 0.3 is 5.97 Å². The van der Waals surface area contributed by atoms with Gasteiger partial charge in [-0.2, -0.15) is 0 Å². The first-order valence-electron chi connectivity index (χ1n) is 3.94. The van der Waals surface area contributed by atoms with Gasteiger partial charge < -0.3 is 9.72 Å². The average Bonchev–Trinajstić information content (AvgIpc) is 2.65. The highest BCUT2D eigenvalue weighted by molar-refractivity contribution is 7.99. The first-order valence-corrected chi connectivity index (χ1v) is 4.92. The summed E-state index contributed by atoms with van der Waals surface area (Å²) in [5.74, 6) is 0.402. The molecule has 4 nitrogen and oxygen atoms in total. The molecule has 0 aromatic carbocycles. The van der Waals surface area contributed by atoms with Crippen LogP contribution < -0.4 is 0 Å². The SMILES string of the molecule is COC(=O)C(C)CSc1ncc[nH]1. The number of imidazole rings is 1. The fourth-order valence-electron chi connectivity index (χ4n) is 0.803. The Balaban J connectivity index is 2.30. The topological polar surface area (TPSA) is 55.0 Å². The zero-order valence-electron chi connectivity index (χ0n) is 7.61. The molecule has 0 radical (unpaired) electrons. The molecule has 1 rings (SSSR count). The van der Waals surface area contributed by atoms with Gasteiger partial charge in [-0.05, 0) is 0 Å². The minimum atomic E-state index is -0.181. The monoisotopic (exact) mass is 200 g/mol. The molecule has 1 heterocycles. The van der Waals surface area contributed by atoms with Crippen LogP contribution in [0.15, 0.2) is 17.6 Å². The zero-order chi connectivity index (χ0) is 9.68. The number of hydrogen-bond donors (Lipinski definition) is 1. The van der Waals surface area contributed by atoms with Gasteiger partial charge in [0.15, 0.2) is 5.16 Å². The molecule has 1 N–H and O–H groups in total. The second kappa shape index (κ2) is 4.91. The summed E-state index contributed by atoms with van der Waals surface area (Å²) in [6.07, 6.45) is 3.44. The molecule has 72 valence electrons. The van der Waals surface area contributed by atoms with Crippen LogP contribution in [0, 0.1) is 5.92 Å². The number of carbonyl (C=O) groups is 1. The summed E-state index contributed by atoms with van der Waals surface area (Å²) in [5, 5.41) is 0.829. The van der Waals surface area contributed by atoms with Gasteiger partial charge in [-0.25, -0.2) is 4.98 Å². The van der Waals surface area contributed by atoms with Crippen LogP contribution in [0.5, 0.6) is 0 Å². The Labute approximate surface area is 81.1 Å². The highest BCUT2D eigenvalue weighted by atomic mass is 32.2. The number of H-pyrrole nitrogens is 1. The van der Waals surface area contributed by atoms with E-state index in [9.17, 15) is 4.79 Å². The molecular weight excluding hydrogens is 188 g/mol. The molecule has 13 heavy (non-hydrogen) atoms. The molecule has 1 atom stereocenters. The zero-order valence-corrected chi connectivity index (χ0v) is 8.43. The molecule has 0 aliphatic carbocycles. The van der Waals surface area contributed by atoms with E-state index in [1.54, 1.807) is 12.4 Å². The first kappa shape index (κ1) is 10.1. The minimum Gasteiger partial charge on any atom is -0.469 e. The van der Waals surface area contributed by atoms with Crippen molar-refractivity contribution in [3.05, 3.63) is 12.4 Å². The summed E-state index contributed by atoms with van der Waals surface area (Å²) in [6, 6.07) is 0. The van der Waals surface area contributed by atoms with E-state index >= 15 is 0 Å². The number of nitrogens with zero attached hydrogens (tertiary/aromatic N) is 1. The Morgan fingerprint density at radius 3 is 3.15 bits per heavy atom. The average molecular weight is 200 g/mol. The van der Waals surface area contributed by atoms with E-state index in [4.69, 9.17) is 0 Å². The number of methoxy groups -OCH3 is 1. The number of hydrogen-bond acceptors (Lipinski definition) is 4. The molecule has 1 aromatic heterocycles. The summed E-state index contributed by atoms with van der Waals surface area (Å²) in [7, 11) is 1.40. The Morgan fingerprint density at radius 2 is 2.62 bits per heavy atom. The van der Waals surface area contributed by atoms with Crippen LogP contribution in [-0.2, 0) is 9.53 Å². The Morgan fingerprint density at radius 1 is 1.85 bits per heavy atom. The van der Waals surface area contributed by atoms with Crippen LogP contribution in [0.4, 0.5) is 0 Å². The van der Waals surface area contributed by atoms with Crippen molar-refractivity contribution in [3.63, 3.8) is 0 Å². The number of rotatable bonds is 4. The third-order valence-electron chi connectivity index (χ3n) is 1.55. The molecule has 1 unspecified atom stereocenters. The maximum Gasteiger partial charge on any atom is 0.309 e. The summed E-state index contributed by atoms with van der Waals surface area (Å²) >= 11 is 1.51. The summed E-state index contributed by atoms with van der Waals surface area (Å²) < 4.78 is 4.60. The van der Waals surface area contributed by atoms with Gasteiger partial charge in [-0.1, -0.05) is 18.7 Å². The van der Waals surface area contributed by atoms with Gasteiger partial charge in [0.2, 0.25) is 0 Å². The van der Waals surface area contributed by atoms with Gasteiger partial charge in [0, 0.05) is 18.1 Å². The lowest BCUT2D eigenvalue weighted by Crippen LogP contribution is -2.14. The van der Waals surface area contributed by atoms with Crippen molar-refractivity contribution < 1.29 is 9.53 Å². The van der Waals surface area contributed by atoms with Crippen molar-refractivity contribution in [2.75, 3.05) is 12.9 Å². The van der Waals surface area contributed by atoms with Crippen LogP contribution >= 0.6 is 11.8 Å². The highest BCUT2D eigenvalue weighted by Gasteiger charge is 2.13. The molecule has 0 bridgehead atoms. The van der Waals surface area contributed by atoms with Crippen LogP contribution in [-0.4, -0.2) is 28.8 Å². The summed E-state index contributed by atoms with van der Waals surface area (Å²) in [4.78, 5) is 18.0. The van der Waals surface area contributed by atoms with Gasteiger partial charge in [0.1, 0.15) is 0 Å². The lowest BCUT2D eigenvalue weighted by molar-refractivity contribution is -0.143. The van der Waals surface area contributed by atoms with Crippen LogP contribution in [0.25, 0.3) is 0 Å². The van der Waals surface area contributed by atoms with E-state index in [0.29, 0.717) is 5.75 Å². The van der Waals surface area contributed by atoms with Crippen LogP contribution in [0.3, 0.4) is 0 Å². The maximum absolute atomic E-state index is 11.0. The molecule has 0 saturated carbocycles. The molecule has 5 heteroatoms. The third kappa shape index (κ3) is 3.10. The third-order valence-corrected chi connectivity index (χ3v) is 2.71. The van der Waals surface area contributed by atoms with E-state index in [1.165, 1.54) is 18.9 Å². The van der Waals surface area contributed by atoms with Gasteiger partial charge in [-0.15, -0.1) is 0 Å². The Kier molecular flexibility index (Phi) is 3.82. The summed E-state index contributed by atoms with van der Waals surface area (Å²) in [6.45, 7) is 1.84. The van der Waals surface area contributed by atoms with Crippen molar-refractivity contribution in [2.45, 2.75) is 12.1 Å². The number of nitrogens with one attached hydrogen (secondary N) is 1. The molecule has 0 fully saturated rings. The van der Waals surface area contributed by atoms with E-state index < -0.39 is 0 Å². The fraction of sp³-hybridized carbons (Fsp3) is 0.500. The van der Waals surface area contributed by atoms with Gasteiger partial charge in [0.25, 0.3) is 0 Å². The van der Waals surface area contributed by atoms with Gasteiger partial charge in [0.05, 0.1) is 13.0 Å². The van der Waals surface area contributed by atoms with E-state index in [0.717, 1.165) is 5.16 Å². The molecule has 0 amide bonds. The fourth-order valence-corrected chi connectivity index (χ4v) is 1.63. The van der Waals surface area contributed by atoms with Crippen molar-refractivity contribution in [2.24, 2.45) is 5.92 Å². The molecule has 0 aliphatic heterocycles. The van der Waals surface area contributed by atoms with E-state index in [-0.39, 0.29) is 11.9 Å². The summed E-state index contributed by atoms with van der Waals surface area (Å²) in [5.41, 5.74) is 0. The second-order valence-corrected chi connectivity index (χ2v) is 3.64. The Hall–Kier alpha value is -0.970. The number of carbonyl (C=O) groups excluding carboxylic acids is 1. The lowest BCUT2D eigenvalue weighted by Gasteiger charge is -2.06. The number of esters is 1. The molecular formula is C8H12N2O2S. The smallest absolute Gasteiger partial charge is 0.309 e. The molecule has 1 aromatic rings. The molecule has 0 aliphatic rings. The Bertz CT molecular complexity index is 261. The van der Waals surface area contributed by atoms with Crippen LogP contribution in [0.2, 0.25) is 0 Å². The number of aromatic amines is 1. The minimum absolute atomic E-state index is 0.0971. The molecule has 0 spiro atoms. The predicted molar refractivity (Wildman–Crippen MR) is 50.5 cm³/mol. The highest BCUT2D eigenvalue weighted by Crippen LogP contribution is 2.16. The van der Waals surface area contributed by atoms with Gasteiger partial charge in [-0.3, -0.25) is 4.79 Å². The van der Waals surface area contributed by atoms with E-state index in [2.05, 4.69) is 14.7 Å². The standard InChI is InChI=1S/C8H12N2O2S/c1-6(7(11)12-2)5-13-8-9-3-4-10-8/h3-4,6H,5H2,1-2H3,(H,9,10). The maximum atomic E-state index is 11.0. The largest absolute Gasteiger partial charge is 0.469 e. The number of thioether (sulfide) groups is 1. The predicted octanol–water partition coefficient (Wildman–Crippen LogP) is 1.31.